The zero-order valence-electron chi connectivity index (χ0n) is 11.6. The van der Waals surface area contributed by atoms with Gasteiger partial charge < -0.3 is 5.32 Å². The highest BCUT2D eigenvalue weighted by atomic mass is 35.5. The highest BCUT2D eigenvalue weighted by molar-refractivity contribution is 6.20. The molecule has 0 amide bonds. The molecule has 1 fully saturated rings. The standard InChI is InChI=1S/C17H24ClN/c18-16-9-8-13(10-16)11-19-12-15-6-3-5-14-4-1-2-7-17(14)15/h1-2,4,7,13,15-16,19H,3,5-6,8-12H2. The van der Waals surface area contributed by atoms with E-state index < -0.39 is 0 Å². The van der Waals surface area contributed by atoms with Crippen molar-refractivity contribution >= 4 is 11.6 Å². The molecule has 1 aromatic carbocycles. The van der Waals surface area contributed by atoms with E-state index in [4.69, 9.17) is 11.6 Å². The normalized spacial score (nSPS) is 30.3. The van der Waals surface area contributed by atoms with Crippen molar-refractivity contribution in [3.63, 3.8) is 0 Å². The minimum Gasteiger partial charge on any atom is -0.316 e. The topological polar surface area (TPSA) is 12.0 Å². The molecule has 2 heteroatoms. The minimum atomic E-state index is 0.433. The lowest BCUT2D eigenvalue weighted by Gasteiger charge is -2.26. The summed E-state index contributed by atoms with van der Waals surface area (Å²) in [5.41, 5.74) is 3.16. The van der Waals surface area contributed by atoms with Crippen molar-refractivity contribution in [1.29, 1.82) is 0 Å². The van der Waals surface area contributed by atoms with Crippen LogP contribution in [-0.2, 0) is 6.42 Å². The summed E-state index contributed by atoms with van der Waals surface area (Å²) >= 11 is 6.17. The van der Waals surface area contributed by atoms with Gasteiger partial charge in [0, 0.05) is 11.9 Å². The van der Waals surface area contributed by atoms with E-state index in [-0.39, 0.29) is 0 Å². The third-order valence-corrected chi connectivity index (χ3v) is 5.19. The van der Waals surface area contributed by atoms with Gasteiger partial charge in [-0.15, -0.1) is 11.6 Å². The van der Waals surface area contributed by atoms with Gasteiger partial charge in [-0.25, -0.2) is 0 Å². The summed E-state index contributed by atoms with van der Waals surface area (Å²) in [6, 6.07) is 8.99. The predicted octanol–water partition coefficient (Wildman–Crippen LogP) is 4.10. The number of hydrogen-bond donors (Lipinski definition) is 1. The molecule has 0 aliphatic heterocycles. The molecule has 19 heavy (non-hydrogen) atoms. The summed E-state index contributed by atoms with van der Waals surface area (Å²) in [7, 11) is 0. The van der Waals surface area contributed by atoms with Crippen LogP contribution in [0.25, 0.3) is 0 Å². The van der Waals surface area contributed by atoms with E-state index in [9.17, 15) is 0 Å². The van der Waals surface area contributed by atoms with E-state index in [1.807, 2.05) is 0 Å². The zero-order valence-corrected chi connectivity index (χ0v) is 12.3. The van der Waals surface area contributed by atoms with Gasteiger partial charge in [0.05, 0.1) is 0 Å². The maximum Gasteiger partial charge on any atom is 0.0339 e. The summed E-state index contributed by atoms with van der Waals surface area (Å²) in [6.45, 7) is 2.29. The van der Waals surface area contributed by atoms with Crippen LogP contribution in [0.1, 0.15) is 49.1 Å². The molecule has 3 unspecified atom stereocenters. The van der Waals surface area contributed by atoms with E-state index in [0.29, 0.717) is 5.38 Å². The largest absolute Gasteiger partial charge is 0.316 e. The minimum absolute atomic E-state index is 0.433. The molecular weight excluding hydrogens is 254 g/mol. The zero-order chi connectivity index (χ0) is 13.1. The fourth-order valence-corrected chi connectivity index (χ4v) is 4.11. The maximum absolute atomic E-state index is 6.17. The third kappa shape index (κ3) is 3.32. The van der Waals surface area contributed by atoms with Gasteiger partial charge in [-0.2, -0.15) is 0 Å². The van der Waals surface area contributed by atoms with Gasteiger partial charge in [-0.1, -0.05) is 24.3 Å². The average molecular weight is 278 g/mol. The first-order chi connectivity index (χ1) is 9.33. The summed E-state index contributed by atoms with van der Waals surface area (Å²) in [5.74, 6) is 1.53. The Labute approximate surface area is 121 Å². The van der Waals surface area contributed by atoms with E-state index in [2.05, 4.69) is 29.6 Å². The summed E-state index contributed by atoms with van der Waals surface area (Å²) < 4.78 is 0. The summed E-state index contributed by atoms with van der Waals surface area (Å²) in [4.78, 5) is 0. The Morgan fingerprint density at radius 1 is 1.11 bits per heavy atom. The van der Waals surface area contributed by atoms with Gasteiger partial charge in [-0.05, 0) is 68.0 Å². The number of rotatable bonds is 4. The van der Waals surface area contributed by atoms with Crippen LogP contribution >= 0.6 is 11.6 Å². The van der Waals surface area contributed by atoms with Crippen molar-refractivity contribution < 1.29 is 0 Å². The van der Waals surface area contributed by atoms with Crippen LogP contribution in [0.3, 0.4) is 0 Å². The molecule has 2 aliphatic rings. The fraction of sp³-hybridized carbons (Fsp3) is 0.647. The van der Waals surface area contributed by atoms with Gasteiger partial charge in [0.15, 0.2) is 0 Å². The van der Waals surface area contributed by atoms with Crippen LogP contribution in [0.2, 0.25) is 0 Å². The number of nitrogens with one attached hydrogen (secondary N) is 1. The van der Waals surface area contributed by atoms with Crippen molar-refractivity contribution in [1.82, 2.24) is 5.32 Å². The monoisotopic (exact) mass is 277 g/mol. The molecule has 0 saturated heterocycles. The number of benzene rings is 1. The Hall–Kier alpha value is -0.530. The van der Waals surface area contributed by atoms with Crippen LogP contribution in [0.4, 0.5) is 0 Å². The second kappa shape index (κ2) is 6.28. The number of alkyl halides is 1. The lowest BCUT2D eigenvalue weighted by atomic mass is 9.83. The van der Waals surface area contributed by atoms with Crippen LogP contribution in [0.15, 0.2) is 24.3 Å². The molecule has 104 valence electrons. The van der Waals surface area contributed by atoms with Gasteiger partial charge in [0.2, 0.25) is 0 Å². The Bertz CT molecular complexity index is 417. The molecular formula is C17H24ClN. The SMILES string of the molecule is ClC1CCC(CNCC2CCCc3ccccc32)C1. The number of halogens is 1. The van der Waals surface area contributed by atoms with Crippen molar-refractivity contribution in [2.24, 2.45) is 5.92 Å². The van der Waals surface area contributed by atoms with Crippen LogP contribution in [-0.4, -0.2) is 18.5 Å². The second-order valence-corrected chi connectivity index (χ2v) is 6.84. The molecule has 3 rings (SSSR count). The Morgan fingerprint density at radius 2 is 2.00 bits per heavy atom. The second-order valence-electron chi connectivity index (χ2n) is 6.22. The van der Waals surface area contributed by atoms with Crippen molar-refractivity contribution in [2.75, 3.05) is 13.1 Å². The molecule has 0 radical (unpaired) electrons. The van der Waals surface area contributed by atoms with E-state index >= 15 is 0 Å². The Kier molecular flexibility index (Phi) is 4.45. The van der Waals surface area contributed by atoms with E-state index in [0.717, 1.165) is 24.9 Å². The molecule has 1 saturated carbocycles. The predicted molar refractivity (Wildman–Crippen MR) is 82.0 cm³/mol. The molecule has 2 aliphatic carbocycles. The Balaban J connectivity index is 1.51. The number of aryl methyl sites for hydroxylation is 1. The molecule has 0 aromatic heterocycles. The maximum atomic E-state index is 6.17. The van der Waals surface area contributed by atoms with Crippen LogP contribution in [0.5, 0.6) is 0 Å². The molecule has 1 N–H and O–H groups in total. The van der Waals surface area contributed by atoms with Crippen molar-refractivity contribution in [3.8, 4) is 0 Å². The molecule has 0 bridgehead atoms. The highest BCUT2D eigenvalue weighted by Crippen LogP contribution is 2.32. The summed E-state index contributed by atoms with van der Waals surface area (Å²) in [6.07, 6.45) is 7.67. The third-order valence-electron chi connectivity index (χ3n) is 4.79. The average Bonchev–Trinajstić information content (AvgIpc) is 2.85. The fourth-order valence-electron chi connectivity index (χ4n) is 3.73. The van der Waals surface area contributed by atoms with E-state index in [1.54, 1.807) is 11.1 Å². The van der Waals surface area contributed by atoms with Gasteiger partial charge in [0.1, 0.15) is 0 Å². The number of hydrogen-bond acceptors (Lipinski definition) is 1. The first-order valence-electron chi connectivity index (χ1n) is 7.75. The number of fused-ring (bicyclic) bond motifs is 1. The van der Waals surface area contributed by atoms with Crippen LogP contribution < -0.4 is 5.32 Å². The van der Waals surface area contributed by atoms with Crippen LogP contribution in [0, 0.1) is 5.92 Å². The molecule has 0 spiro atoms. The summed E-state index contributed by atoms with van der Waals surface area (Å²) in [5, 5.41) is 4.13. The highest BCUT2D eigenvalue weighted by Gasteiger charge is 2.23. The molecule has 1 aromatic rings. The van der Waals surface area contributed by atoms with Crippen molar-refractivity contribution in [2.45, 2.75) is 49.8 Å². The van der Waals surface area contributed by atoms with Gasteiger partial charge in [-0.3, -0.25) is 0 Å². The molecule has 1 nitrogen and oxygen atoms in total. The quantitative estimate of drug-likeness (QED) is 0.817. The van der Waals surface area contributed by atoms with Crippen molar-refractivity contribution in [3.05, 3.63) is 35.4 Å². The van der Waals surface area contributed by atoms with E-state index in [1.165, 1.54) is 38.5 Å². The smallest absolute Gasteiger partial charge is 0.0339 e. The Morgan fingerprint density at radius 3 is 2.84 bits per heavy atom. The first kappa shape index (κ1) is 13.5. The van der Waals surface area contributed by atoms with Gasteiger partial charge in [0.25, 0.3) is 0 Å². The lowest BCUT2D eigenvalue weighted by Crippen LogP contribution is -2.28. The lowest BCUT2D eigenvalue weighted by molar-refractivity contribution is 0.449. The molecule has 3 atom stereocenters. The first-order valence-corrected chi connectivity index (χ1v) is 8.19. The van der Waals surface area contributed by atoms with Gasteiger partial charge >= 0.3 is 0 Å². The molecule has 0 heterocycles.